The van der Waals surface area contributed by atoms with E-state index in [2.05, 4.69) is 16.9 Å². The molecule has 1 rings (SSSR count). The number of carbonyl (C=O) groups is 1. The first-order valence-corrected chi connectivity index (χ1v) is 6.54. The van der Waals surface area contributed by atoms with Gasteiger partial charge in [0, 0.05) is 10.7 Å². The van der Waals surface area contributed by atoms with Crippen molar-refractivity contribution in [3.8, 4) is 0 Å². The van der Waals surface area contributed by atoms with E-state index in [9.17, 15) is 4.79 Å². The van der Waals surface area contributed by atoms with E-state index in [1.165, 1.54) is 0 Å². The van der Waals surface area contributed by atoms with Crippen molar-refractivity contribution in [1.82, 2.24) is 0 Å². The Labute approximate surface area is 123 Å². The lowest BCUT2D eigenvalue weighted by molar-refractivity contribution is -0.134. The minimum atomic E-state index is -0.482. The summed E-state index contributed by atoms with van der Waals surface area (Å²) in [5, 5.41) is 3.62. The van der Waals surface area contributed by atoms with Crippen molar-refractivity contribution >= 4 is 29.0 Å². The second-order valence-electron chi connectivity index (χ2n) is 3.80. The van der Waals surface area contributed by atoms with E-state index in [0.717, 1.165) is 5.69 Å². The average Bonchev–Trinajstić information content (AvgIpc) is 2.41. The van der Waals surface area contributed by atoms with Crippen LogP contribution in [0.5, 0.6) is 0 Å². The number of halogens is 1. The first-order valence-electron chi connectivity index (χ1n) is 6.16. The maximum absolute atomic E-state index is 11.7. The molecule has 1 N–H and O–H groups in total. The number of esters is 1. The smallest absolute Gasteiger partial charge is 0.356 e. The highest BCUT2D eigenvalue weighted by molar-refractivity contribution is 6.41. The van der Waals surface area contributed by atoms with Gasteiger partial charge >= 0.3 is 5.97 Å². The molecule has 0 fully saturated rings. The van der Waals surface area contributed by atoms with Crippen LogP contribution in [0.2, 0.25) is 5.02 Å². The van der Waals surface area contributed by atoms with Crippen LogP contribution in [-0.4, -0.2) is 18.3 Å². The van der Waals surface area contributed by atoms with Crippen LogP contribution in [0.25, 0.3) is 0 Å². The van der Waals surface area contributed by atoms with E-state index in [1.54, 1.807) is 50.3 Å². The SMILES string of the molecule is C=C(N=C(/C=C\C)C(=O)OCC)Nc1ccc(Cl)cc1. The number of hydrogen-bond donors (Lipinski definition) is 1. The Morgan fingerprint density at radius 3 is 2.65 bits per heavy atom. The molecule has 1 aromatic rings. The van der Waals surface area contributed by atoms with E-state index < -0.39 is 5.97 Å². The Balaban J connectivity index is 2.80. The fourth-order valence-electron chi connectivity index (χ4n) is 1.39. The summed E-state index contributed by atoms with van der Waals surface area (Å²) in [5.74, 6) is -0.141. The molecule has 0 saturated heterocycles. The van der Waals surface area contributed by atoms with E-state index in [4.69, 9.17) is 16.3 Å². The summed E-state index contributed by atoms with van der Waals surface area (Å²) in [6.45, 7) is 7.60. The van der Waals surface area contributed by atoms with Crippen molar-refractivity contribution in [3.63, 3.8) is 0 Å². The monoisotopic (exact) mass is 292 g/mol. The third kappa shape index (κ3) is 5.28. The third-order valence-corrected chi connectivity index (χ3v) is 2.45. The van der Waals surface area contributed by atoms with E-state index in [0.29, 0.717) is 17.5 Å². The van der Waals surface area contributed by atoms with Gasteiger partial charge in [0.25, 0.3) is 0 Å². The zero-order chi connectivity index (χ0) is 15.0. The molecule has 1 aromatic carbocycles. The molecule has 0 saturated carbocycles. The first kappa shape index (κ1) is 16.0. The molecule has 4 nitrogen and oxygen atoms in total. The number of nitrogens with zero attached hydrogens (tertiary/aromatic N) is 1. The second-order valence-corrected chi connectivity index (χ2v) is 4.23. The topological polar surface area (TPSA) is 50.7 Å². The summed E-state index contributed by atoms with van der Waals surface area (Å²) in [6, 6.07) is 7.09. The number of carbonyl (C=O) groups excluding carboxylic acids is 1. The highest BCUT2D eigenvalue weighted by Gasteiger charge is 2.09. The fraction of sp³-hybridized carbons (Fsp3) is 0.200. The van der Waals surface area contributed by atoms with Gasteiger partial charge in [-0.2, -0.15) is 0 Å². The summed E-state index contributed by atoms with van der Waals surface area (Å²) >= 11 is 5.80. The van der Waals surface area contributed by atoms with Crippen LogP contribution < -0.4 is 5.32 Å². The Morgan fingerprint density at radius 2 is 2.10 bits per heavy atom. The van der Waals surface area contributed by atoms with Gasteiger partial charge < -0.3 is 10.1 Å². The fourth-order valence-corrected chi connectivity index (χ4v) is 1.51. The molecule has 5 heteroatoms. The third-order valence-electron chi connectivity index (χ3n) is 2.20. The first-order chi connectivity index (χ1) is 9.56. The number of ether oxygens (including phenoxy) is 1. The van der Waals surface area contributed by atoms with Crippen molar-refractivity contribution in [2.45, 2.75) is 13.8 Å². The standard InChI is InChI=1S/C15H17ClN2O2/c1-4-6-14(15(19)20-5-2)18-11(3)17-13-9-7-12(16)8-10-13/h4,6-10,17H,3,5H2,1-2H3/b6-4-,18-14?. The summed E-state index contributed by atoms with van der Waals surface area (Å²) < 4.78 is 4.92. The van der Waals surface area contributed by atoms with Crippen LogP contribution in [0.15, 0.2) is 53.8 Å². The Hall–Kier alpha value is -2.07. The molecule has 20 heavy (non-hydrogen) atoms. The highest BCUT2D eigenvalue weighted by atomic mass is 35.5. The van der Waals surface area contributed by atoms with Crippen LogP contribution in [0.3, 0.4) is 0 Å². The van der Waals surface area contributed by atoms with Crippen LogP contribution in [-0.2, 0) is 9.53 Å². The molecule has 0 radical (unpaired) electrons. The number of anilines is 1. The van der Waals surface area contributed by atoms with Gasteiger partial charge in [-0.15, -0.1) is 0 Å². The molecule has 0 aromatic heterocycles. The van der Waals surface area contributed by atoms with Crippen LogP contribution >= 0.6 is 11.6 Å². The zero-order valence-electron chi connectivity index (χ0n) is 11.5. The Kier molecular flexibility index (Phi) is 6.53. The highest BCUT2D eigenvalue weighted by Crippen LogP contribution is 2.15. The molecule has 0 amide bonds. The van der Waals surface area contributed by atoms with Gasteiger partial charge in [0.05, 0.1) is 6.61 Å². The minimum absolute atomic E-state index is 0.195. The molecule has 0 atom stereocenters. The molecule has 0 aliphatic carbocycles. The van der Waals surface area contributed by atoms with Crippen LogP contribution in [0.4, 0.5) is 5.69 Å². The lowest BCUT2D eigenvalue weighted by Crippen LogP contribution is -2.16. The summed E-state index contributed by atoms with van der Waals surface area (Å²) in [5.41, 5.74) is 0.979. The van der Waals surface area contributed by atoms with Crippen LogP contribution in [0.1, 0.15) is 13.8 Å². The zero-order valence-corrected chi connectivity index (χ0v) is 12.3. The Morgan fingerprint density at radius 1 is 1.45 bits per heavy atom. The van der Waals surface area contributed by atoms with Crippen molar-refractivity contribution in [1.29, 1.82) is 0 Å². The molecule has 0 heterocycles. The number of hydrogen-bond acceptors (Lipinski definition) is 4. The predicted molar refractivity (Wildman–Crippen MR) is 83.1 cm³/mol. The Bertz CT molecular complexity index is 533. The summed E-state index contributed by atoms with van der Waals surface area (Å²) in [4.78, 5) is 15.8. The van der Waals surface area contributed by atoms with Gasteiger partial charge in [0.15, 0.2) is 0 Å². The summed E-state index contributed by atoms with van der Waals surface area (Å²) in [6.07, 6.45) is 3.29. The van der Waals surface area contributed by atoms with Crippen molar-refractivity contribution in [2.75, 3.05) is 11.9 Å². The van der Waals surface area contributed by atoms with Gasteiger partial charge in [-0.05, 0) is 44.2 Å². The van der Waals surface area contributed by atoms with Crippen molar-refractivity contribution < 1.29 is 9.53 Å². The number of rotatable bonds is 6. The lowest BCUT2D eigenvalue weighted by Gasteiger charge is -2.07. The summed E-state index contributed by atoms with van der Waals surface area (Å²) in [7, 11) is 0. The maximum Gasteiger partial charge on any atom is 0.356 e. The molecule has 106 valence electrons. The molecule has 0 bridgehead atoms. The van der Waals surface area contributed by atoms with Gasteiger partial charge in [-0.25, -0.2) is 9.79 Å². The number of aliphatic imine (C=N–C) groups is 1. The largest absolute Gasteiger partial charge is 0.461 e. The second kappa shape index (κ2) is 8.17. The molecular formula is C15H17ClN2O2. The van der Waals surface area contributed by atoms with Gasteiger partial charge in [-0.3, -0.25) is 0 Å². The van der Waals surface area contributed by atoms with Crippen LogP contribution in [0, 0.1) is 0 Å². The quantitative estimate of drug-likeness (QED) is 0.641. The number of benzene rings is 1. The van der Waals surface area contributed by atoms with Crippen molar-refractivity contribution in [3.05, 3.63) is 53.8 Å². The minimum Gasteiger partial charge on any atom is -0.461 e. The van der Waals surface area contributed by atoms with E-state index in [1.807, 2.05) is 0 Å². The van der Waals surface area contributed by atoms with E-state index in [-0.39, 0.29) is 5.71 Å². The maximum atomic E-state index is 11.7. The predicted octanol–water partition coefficient (Wildman–Crippen LogP) is 3.80. The molecule has 0 aliphatic rings. The molecule has 0 unspecified atom stereocenters. The normalized spacial score (nSPS) is 11.4. The van der Waals surface area contributed by atoms with E-state index >= 15 is 0 Å². The van der Waals surface area contributed by atoms with Crippen molar-refractivity contribution in [2.24, 2.45) is 4.99 Å². The lowest BCUT2D eigenvalue weighted by atomic mass is 10.3. The molecule has 0 spiro atoms. The molecular weight excluding hydrogens is 276 g/mol. The van der Waals surface area contributed by atoms with Gasteiger partial charge in [-0.1, -0.05) is 24.3 Å². The number of nitrogens with one attached hydrogen (secondary N) is 1. The molecule has 0 aliphatic heterocycles. The van der Waals surface area contributed by atoms with Gasteiger partial charge in [0.2, 0.25) is 0 Å². The number of allylic oxidation sites excluding steroid dienone is 1. The average molecular weight is 293 g/mol. The van der Waals surface area contributed by atoms with Gasteiger partial charge in [0.1, 0.15) is 11.5 Å².